The van der Waals surface area contributed by atoms with Crippen LogP contribution in [0.1, 0.15) is 24.1 Å². The Morgan fingerprint density at radius 2 is 2.13 bits per heavy atom. The fraction of sp³-hybridized carbons (Fsp3) is 0.471. The van der Waals surface area contributed by atoms with E-state index in [1.165, 1.54) is 6.07 Å². The number of piperidine rings is 1. The van der Waals surface area contributed by atoms with Gasteiger partial charge in [0.05, 0.1) is 18.3 Å². The minimum atomic E-state index is -0.181. The number of nitrogens with zero attached hydrogens (tertiary/aromatic N) is 4. The van der Waals surface area contributed by atoms with Crippen LogP contribution in [0.4, 0.5) is 4.39 Å². The van der Waals surface area contributed by atoms with Crippen molar-refractivity contribution in [1.82, 2.24) is 19.9 Å². The SMILES string of the molecule is Cn1nncc1CC(=O)N1CCC(Cc2cccc(F)c2)CC1. The first-order valence-corrected chi connectivity index (χ1v) is 7.97. The van der Waals surface area contributed by atoms with Gasteiger partial charge in [0.15, 0.2) is 0 Å². The first kappa shape index (κ1) is 15.6. The molecule has 1 aromatic heterocycles. The first-order valence-electron chi connectivity index (χ1n) is 7.97. The molecule has 122 valence electrons. The first-order chi connectivity index (χ1) is 11.1. The zero-order valence-corrected chi connectivity index (χ0v) is 13.3. The summed E-state index contributed by atoms with van der Waals surface area (Å²) in [4.78, 5) is 14.2. The molecule has 1 saturated heterocycles. The quantitative estimate of drug-likeness (QED) is 0.866. The maximum absolute atomic E-state index is 13.2. The number of aromatic nitrogens is 3. The van der Waals surface area contributed by atoms with Crippen LogP contribution in [-0.4, -0.2) is 38.9 Å². The Balaban J connectivity index is 1.50. The Labute approximate surface area is 135 Å². The maximum atomic E-state index is 13.2. The fourth-order valence-electron chi connectivity index (χ4n) is 3.12. The molecule has 0 unspecified atom stereocenters. The second kappa shape index (κ2) is 6.89. The van der Waals surface area contributed by atoms with E-state index in [0.717, 1.165) is 43.6 Å². The zero-order chi connectivity index (χ0) is 16.2. The van der Waals surface area contributed by atoms with Crippen LogP contribution in [0.2, 0.25) is 0 Å². The summed E-state index contributed by atoms with van der Waals surface area (Å²) in [5, 5.41) is 7.64. The molecule has 0 atom stereocenters. The smallest absolute Gasteiger partial charge is 0.228 e. The van der Waals surface area contributed by atoms with E-state index in [9.17, 15) is 9.18 Å². The number of hydrogen-bond donors (Lipinski definition) is 0. The second-order valence-electron chi connectivity index (χ2n) is 6.18. The Morgan fingerprint density at radius 3 is 2.78 bits per heavy atom. The van der Waals surface area contributed by atoms with Crippen molar-refractivity contribution < 1.29 is 9.18 Å². The van der Waals surface area contributed by atoms with Crippen molar-refractivity contribution in [2.45, 2.75) is 25.7 Å². The van der Waals surface area contributed by atoms with Crippen LogP contribution in [0, 0.1) is 11.7 Å². The molecular weight excluding hydrogens is 295 g/mol. The van der Waals surface area contributed by atoms with E-state index >= 15 is 0 Å². The van der Waals surface area contributed by atoms with Gasteiger partial charge in [-0.15, -0.1) is 5.10 Å². The van der Waals surface area contributed by atoms with Crippen LogP contribution in [-0.2, 0) is 24.7 Å². The topological polar surface area (TPSA) is 51.0 Å². The van der Waals surface area contributed by atoms with Crippen molar-refractivity contribution in [1.29, 1.82) is 0 Å². The lowest BCUT2D eigenvalue weighted by atomic mass is 9.90. The molecule has 23 heavy (non-hydrogen) atoms. The minimum Gasteiger partial charge on any atom is -0.342 e. The van der Waals surface area contributed by atoms with Crippen molar-refractivity contribution in [3.63, 3.8) is 0 Å². The number of likely N-dealkylation sites (tertiary alicyclic amines) is 1. The highest BCUT2D eigenvalue weighted by atomic mass is 19.1. The third kappa shape index (κ3) is 3.94. The van der Waals surface area contributed by atoms with Crippen LogP contribution in [0.15, 0.2) is 30.5 Å². The average Bonchev–Trinajstić information content (AvgIpc) is 2.93. The number of hydrogen-bond acceptors (Lipinski definition) is 3. The van der Waals surface area contributed by atoms with Crippen molar-refractivity contribution in [2.75, 3.05) is 13.1 Å². The van der Waals surface area contributed by atoms with Crippen molar-refractivity contribution >= 4 is 5.91 Å². The zero-order valence-electron chi connectivity index (χ0n) is 13.3. The van der Waals surface area contributed by atoms with Gasteiger partial charge in [-0.25, -0.2) is 4.39 Å². The second-order valence-corrected chi connectivity index (χ2v) is 6.18. The molecule has 6 heteroatoms. The molecule has 0 saturated carbocycles. The van der Waals surface area contributed by atoms with Crippen LogP contribution in [0.3, 0.4) is 0 Å². The van der Waals surface area contributed by atoms with Gasteiger partial charge in [0, 0.05) is 20.1 Å². The molecule has 1 fully saturated rings. The van der Waals surface area contributed by atoms with Crippen molar-refractivity contribution in [3.05, 3.63) is 47.5 Å². The largest absolute Gasteiger partial charge is 0.342 e. The summed E-state index contributed by atoms with van der Waals surface area (Å²) in [5.74, 6) is 0.457. The molecule has 1 aromatic carbocycles. The molecule has 0 bridgehead atoms. The van der Waals surface area contributed by atoms with Gasteiger partial charge in [-0.3, -0.25) is 9.48 Å². The summed E-state index contributed by atoms with van der Waals surface area (Å²) in [7, 11) is 1.79. The molecule has 1 aliphatic heterocycles. The molecule has 0 radical (unpaired) electrons. The molecule has 0 N–H and O–H groups in total. The molecular formula is C17H21FN4O. The summed E-state index contributed by atoms with van der Waals surface area (Å²) in [6.07, 6.45) is 4.79. The highest BCUT2D eigenvalue weighted by molar-refractivity contribution is 5.78. The van der Waals surface area contributed by atoms with E-state index in [1.54, 1.807) is 30.1 Å². The molecule has 5 nitrogen and oxygen atoms in total. The molecule has 1 amide bonds. The van der Waals surface area contributed by atoms with Gasteiger partial charge in [-0.1, -0.05) is 17.3 Å². The van der Waals surface area contributed by atoms with Crippen LogP contribution >= 0.6 is 0 Å². The van der Waals surface area contributed by atoms with E-state index in [-0.39, 0.29) is 11.7 Å². The van der Waals surface area contributed by atoms with E-state index in [4.69, 9.17) is 0 Å². The van der Waals surface area contributed by atoms with Gasteiger partial charge < -0.3 is 4.90 Å². The van der Waals surface area contributed by atoms with Crippen LogP contribution in [0.25, 0.3) is 0 Å². The number of carbonyl (C=O) groups excluding carboxylic acids is 1. The van der Waals surface area contributed by atoms with Crippen molar-refractivity contribution in [2.24, 2.45) is 13.0 Å². The van der Waals surface area contributed by atoms with Crippen molar-refractivity contribution in [3.8, 4) is 0 Å². The lowest BCUT2D eigenvalue weighted by Crippen LogP contribution is -2.40. The summed E-state index contributed by atoms with van der Waals surface area (Å²) < 4.78 is 14.9. The fourth-order valence-corrected chi connectivity index (χ4v) is 3.12. The molecule has 3 rings (SSSR count). The van der Waals surface area contributed by atoms with Gasteiger partial charge in [0.25, 0.3) is 0 Å². The Morgan fingerprint density at radius 1 is 1.35 bits per heavy atom. The third-order valence-electron chi connectivity index (χ3n) is 4.52. The summed E-state index contributed by atoms with van der Waals surface area (Å²) in [5.41, 5.74) is 1.87. The standard InChI is InChI=1S/C17H21FN4O/c1-21-16(12-19-20-21)11-17(23)22-7-5-13(6-8-22)9-14-3-2-4-15(18)10-14/h2-4,10,12-13H,5-9,11H2,1H3. The summed E-state index contributed by atoms with van der Waals surface area (Å²) >= 11 is 0. The highest BCUT2D eigenvalue weighted by Gasteiger charge is 2.23. The van der Waals surface area contributed by atoms with Gasteiger partial charge in [0.1, 0.15) is 5.82 Å². The summed E-state index contributed by atoms with van der Waals surface area (Å²) in [6.45, 7) is 1.54. The Kier molecular flexibility index (Phi) is 4.69. The monoisotopic (exact) mass is 316 g/mol. The average molecular weight is 316 g/mol. The van der Waals surface area contributed by atoms with Gasteiger partial charge in [-0.2, -0.15) is 0 Å². The maximum Gasteiger partial charge on any atom is 0.228 e. The van der Waals surface area contributed by atoms with Crippen LogP contribution in [0.5, 0.6) is 0 Å². The van der Waals surface area contributed by atoms with E-state index in [0.29, 0.717) is 12.3 Å². The number of benzene rings is 1. The predicted molar refractivity (Wildman–Crippen MR) is 84.1 cm³/mol. The van der Waals surface area contributed by atoms with Crippen LogP contribution < -0.4 is 0 Å². The highest BCUT2D eigenvalue weighted by Crippen LogP contribution is 2.22. The third-order valence-corrected chi connectivity index (χ3v) is 4.52. The molecule has 1 aliphatic rings. The van der Waals surface area contributed by atoms with Gasteiger partial charge in [-0.05, 0) is 42.9 Å². The number of rotatable bonds is 4. The summed E-state index contributed by atoms with van der Waals surface area (Å²) in [6, 6.07) is 6.80. The van der Waals surface area contributed by atoms with Gasteiger partial charge >= 0.3 is 0 Å². The lowest BCUT2D eigenvalue weighted by molar-refractivity contribution is -0.131. The normalized spacial score (nSPS) is 15.8. The number of aryl methyl sites for hydroxylation is 1. The molecule has 2 aromatic rings. The molecule has 0 aliphatic carbocycles. The number of amides is 1. The lowest BCUT2D eigenvalue weighted by Gasteiger charge is -2.32. The molecule has 0 spiro atoms. The Hall–Kier alpha value is -2.24. The Bertz CT molecular complexity index is 677. The molecule has 2 heterocycles. The number of carbonyl (C=O) groups is 1. The minimum absolute atomic E-state index is 0.125. The van der Waals surface area contributed by atoms with Gasteiger partial charge in [0.2, 0.25) is 5.91 Å². The van der Waals surface area contributed by atoms with E-state index in [2.05, 4.69) is 10.3 Å². The predicted octanol–water partition coefficient (Wildman–Crippen LogP) is 1.98. The van der Waals surface area contributed by atoms with E-state index < -0.39 is 0 Å². The van der Waals surface area contributed by atoms with E-state index in [1.807, 2.05) is 11.0 Å². The number of halogens is 1.